The second-order valence-corrected chi connectivity index (χ2v) is 5.36. The molecule has 0 aliphatic rings. The molecule has 4 nitrogen and oxygen atoms in total. The van der Waals surface area contributed by atoms with Crippen molar-refractivity contribution in [2.75, 3.05) is 0 Å². The number of fused-ring (bicyclic) bond motifs is 1. The first kappa shape index (κ1) is 14.2. The van der Waals surface area contributed by atoms with Crippen LogP contribution in [0.5, 0.6) is 0 Å². The van der Waals surface area contributed by atoms with Gasteiger partial charge in [-0.1, -0.05) is 41.4 Å². The van der Waals surface area contributed by atoms with E-state index in [1.807, 2.05) is 24.3 Å². The van der Waals surface area contributed by atoms with E-state index in [-0.39, 0.29) is 6.04 Å². The van der Waals surface area contributed by atoms with Crippen molar-refractivity contribution in [3.05, 3.63) is 70.0 Å². The number of halogens is 2. The molecule has 2 aromatic carbocycles. The maximum atomic E-state index is 6.09. The number of hydrogen-bond donors (Lipinski definition) is 2. The quantitative estimate of drug-likeness (QED) is 0.573. The van der Waals surface area contributed by atoms with Crippen molar-refractivity contribution in [1.29, 1.82) is 0 Å². The number of rotatable bonds is 3. The van der Waals surface area contributed by atoms with Crippen LogP contribution in [0.25, 0.3) is 11.0 Å². The molecule has 1 unspecified atom stereocenters. The lowest BCUT2D eigenvalue weighted by atomic mass is 9.98. The molecule has 0 saturated heterocycles. The van der Waals surface area contributed by atoms with Gasteiger partial charge < -0.3 is 0 Å². The van der Waals surface area contributed by atoms with Gasteiger partial charge in [0.2, 0.25) is 0 Å². The molecule has 0 aliphatic carbocycles. The van der Waals surface area contributed by atoms with Gasteiger partial charge in [-0.05, 0) is 23.8 Å². The Morgan fingerprint density at radius 1 is 1.00 bits per heavy atom. The summed E-state index contributed by atoms with van der Waals surface area (Å²) < 4.78 is 0. The molecule has 3 aromatic rings. The van der Waals surface area contributed by atoms with Crippen molar-refractivity contribution in [2.45, 2.75) is 6.04 Å². The summed E-state index contributed by atoms with van der Waals surface area (Å²) in [6.45, 7) is 0. The smallest absolute Gasteiger partial charge is 0.0938 e. The van der Waals surface area contributed by atoms with Gasteiger partial charge >= 0.3 is 0 Å². The zero-order valence-electron chi connectivity index (χ0n) is 10.9. The van der Waals surface area contributed by atoms with E-state index < -0.39 is 0 Å². The van der Waals surface area contributed by atoms with Crippen molar-refractivity contribution in [1.82, 2.24) is 15.4 Å². The molecule has 0 fully saturated rings. The van der Waals surface area contributed by atoms with Gasteiger partial charge in [-0.2, -0.15) is 0 Å². The number of hydrogen-bond acceptors (Lipinski definition) is 4. The molecule has 0 bridgehead atoms. The highest BCUT2D eigenvalue weighted by Crippen LogP contribution is 2.30. The van der Waals surface area contributed by atoms with Gasteiger partial charge in [0.25, 0.3) is 0 Å². The third-order valence-electron chi connectivity index (χ3n) is 3.28. The Hall–Kier alpha value is -1.72. The maximum absolute atomic E-state index is 6.09. The van der Waals surface area contributed by atoms with E-state index >= 15 is 0 Å². The zero-order chi connectivity index (χ0) is 14.8. The van der Waals surface area contributed by atoms with Crippen LogP contribution in [0.3, 0.4) is 0 Å². The Bertz CT molecular complexity index is 786. The van der Waals surface area contributed by atoms with Gasteiger partial charge in [0.1, 0.15) is 0 Å². The molecule has 21 heavy (non-hydrogen) atoms. The highest BCUT2D eigenvalue weighted by atomic mass is 35.5. The lowest BCUT2D eigenvalue weighted by Crippen LogP contribution is -2.29. The van der Waals surface area contributed by atoms with Crippen LogP contribution in [0.15, 0.2) is 48.8 Å². The van der Waals surface area contributed by atoms with Crippen LogP contribution in [-0.4, -0.2) is 9.97 Å². The monoisotopic (exact) mass is 318 g/mol. The summed E-state index contributed by atoms with van der Waals surface area (Å²) >= 11 is 12.1. The van der Waals surface area contributed by atoms with Gasteiger partial charge in [0, 0.05) is 18.0 Å². The summed E-state index contributed by atoms with van der Waals surface area (Å²) in [5, 5.41) is 0.995. The van der Waals surface area contributed by atoms with E-state index in [9.17, 15) is 0 Å². The van der Waals surface area contributed by atoms with E-state index in [2.05, 4.69) is 15.4 Å². The predicted molar refractivity (Wildman–Crippen MR) is 85.2 cm³/mol. The van der Waals surface area contributed by atoms with Gasteiger partial charge in [0.05, 0.1) is 27.1 Å². The van der Waals surface area contributed by atoms with Crippen molar-refractivity contribution >= 4 is 34.2 Å². The van der Waals surface area contributed by atoms with Crippen LogP contribution in [0.1, 0.15) is 17.2 Å². The molecule has 0 radical (unpaired) electrons. The number of nitrogens with zero attached hydrogens (tertiary/aromatic N) is 2. The predicted octanol–water partition coefficient (Wildman–Crippen LogP) is 3.49. The first-order valence-electron chi connectivity index (χ1n) is 6.31. The summed E-state index contributed by atoms with van der Waals surface area (Å²) in [7, 11) is 0. The summed E-state index contributed by atoms with van der Waals surface area (Å²) in [6, 6.07) is 11.0. The standard InChI is InChI=1S/C15H12Cl2N4/c16-11-5-4-9(8-12(11)17)14(21-18)10-2-1-3-13-15(10)20-7-6-19-13/h1-8,14,21H,18H2. The van der Waals surface area contributed by atoms with E-state index in [0.29, 0.717) is 10.0 Å². The highest BCUT2D eigenvalue weighted by molar-refractivity contribution is 6.42. The molecule has 3 N–H and O–H groups in total. The molecule has 1 aromatic heterocycles. The Morgan fingerprint density at radius 3 is 2.57 bits per heavy atom. The van der Waals surface area contributed by atoms with Crippen LogP contribution in [0.4, 0.5) is 0 Å². The molecular formula is C15H12Cl2N4. The van der Waals surface area contributed by atoms with Crippen LogP contribution in [0.2, 0.25) is 10.0 Å². The molecule has 0 amide bonds. The number of para-hydroxylation sites is 1. The largest absolute Gasteiger partial charge is 0.271 e. The fourth-order valence-corrected chi connectivity index (χ4v) is 2.61. The topological polar surface area (TPSA) is 63.8 Å². The Kier molecular flexibility index (Phi) is 4.03. The fourth-order valence-electron chi connectivity index (χ4n) is 2.31. The second kappa shape index (κ2) is 5.95. The molecule has 1 heterocycles. The Morgan fingerprint density at radius 2 is 1.81 bits per heavy atom. The minimum Gasteiger partial charge on any atom is -0.271 e. The molecule has 0 saturated carbocycles. The maximum Gasteiger partial charge on any atom is 0.0938 e. The number of aromatic nitrogens is 2. The first-order chi connectivity index (χ1) is 10.2. The van der Waals surface area contributed by atoms with Crippen LogP contribution >= 0.6 is 23.2 Å². The highest BCUT2D eigenvalue weighted by Gasteiger charge is 2.17. The van der Waals surface area contributed by atoms with E-state index in [0.717, 1.165) is 22.2 Å². The van der Waals surface area contributed by atoms with Crippen molar-refractivity contribution in [3.63, 3.8) is 0 Å². The minimum atomic E-state index is -0.250. The van der Waals surface area contributed by atoms with Gasteiger partial charge in [-0.3, -0.25) is 15.8 Å². The summed E-state index contributed by atoms with van der Waals surface area (Å²) in [6.07, 6.45) is 3.32. The number of nitrogens with two attached hydrogens (primary N) is 1. The lowest BCUT2D eigenvalue weighted by molar-refractivity contribution is 0.640. The third kappa shape index (κ3) is 2.71. The summed E-state index contributed by atoms with van der Waals surface area (Å²) in [4.78, 5) is 8.70. The average Bonchev–Trinajstić information content (AvgIpc) is 2.52. The zero-order valence-corrected chi connectivity index (χ0v) is 12.4. The van der Waals surface area contributed by atoms with Gasteiger partial charge in [0.15, 0.2) is 0 Å². The summed E-state index contributed by atoms with van der Waals surface area (Å²) in [5.41, 5.74) is 6.26. The van der Waals surface area contributed by atoms with E-state index in [1.54, 1.807) is 24.5 Å². The van der Waals surface area contributed by atoms with Crippen LogP contribution < -0.4 is 11.3 Å². The number of benzene rings is 2. The van der Waals surface area contributed by atoms with Crippen molar-refractivity contribution in [2.24, 2.45) is 5.84 Å². The third-order valence-corrected chi connectivity index (χ3v) is 4.02. The normalized spacial score (nSPS) is 12.5. The lowest BCUT2D eigenvalue weighted by Gasteiger charge is -2.18. The van der Waals surface area contributed by atoms with Crippen LogP contribution in [0, 0.1) is 0 Å². The molecule has 1 atom stereocenters. The Labute approximate surface area is 131 Å². The number of hydrazine groups is 1. The van der Waals surface area contributed by atoms with Crippen LogP contribution in [-0.2, 0) is 0 Å². The fraction of sp³-hybridized carbons (Fsp3) is 0.0667. The summed E-state index contributed by atoms with van der Waals surface area (Å²) in [5.74, 6) is 5.74. The molecule has 0 spiro atoms. The molecule has 3 rings (SSSR count). The average molecular weight is 319 g/mol. The minimum absolute atomic E-state index is 0.250. The van der Waals surface area contributed by atoms with Gasteiger partial charge in [-0.25, -0.2) is 5.43 Å². The van der Waals surface area contributed by atoms with Crippen molar-refractivity contribution in [3.8, 4) is 0 Å². The Balaban J connectivity index is 2.16. The second-order valence-electron chi connectivity index (χ2n) is 4.54. The molecule has 106 valence electrons. The van der Waals surface area contributed by atoms with E-state index in [4.69, 9.17) is 29.0 Å². The van der Waals surface area contributed by atoms with E-state index in [1.165, 1.54) is 0 Å². The van der Waals surface area contributed by atoms with Crippen molar-refractivity contribution < 1.29 is 0 Å². The first-order valence-corrected chi connectivity index (χ1v) is 7.07. The number of nitrogens with one attached hydrogen (secondary N) is 1. The molecule has 0 aliphatic heterocycles. The molecule has 6 heteroatoms. The molecular weight excluding hydrogens is 307 g/mol. The van der Waals surface area contributed by atoms with Gasteiger partial charge in [-0.15, -0.1) is 0 Å². The SMILES string of the molecule is NNC(c1ccc(Cl)c(Cl)c1)c1cccc2nccnc12.